The highest BCUT2D eigenvalue weighted by molar-refractivity contribution is 5.94. The van der Waals surface area contributed by atoms with E-state index >= 15 is 0 Å². The normalized spacial score (nSPS) is 12.9. The number of hydrogen-bond donors (Lipinski definition) is 2. The second kappa shape index (κ2) is 16.7. The summed E-state index contributed by atoms with van der Waals surface area (Å²) in [6, 6.07) is 25.1. The summed E-state index contributed by atoms with van der Waals surface area (Å²) in [4.78, 5) is 40.5. The highest BCUT2D eigenvalue weighted by atomic mass is 16.6. The van der Waals surface area contributed by atoms with Crippen molar-refractivity contribution in [3.63, 3.8) is 0 Å². The number of para-hydroxylation sites is 1. The zero-order valence-electron chi connectivity index (χ0n) is 25.3. The van der Waals surface area contributed by atoms with Crippen LogP contribution in [-0.4, -0.2) is 91.5 Å². The van der Waals surface area contributed by atoms with E-state index < -0.39 is 4.92 Å². The molecule has 0 unspecified atom stereocenters. The Morgan fingerprint density at radius 3 is 2.07 bits per heavy atom. The average Bonchev–Trinajstić information content (AvgIpc) is 3.10. The third-order valence-corrected chi connectivity index (χ3v) is 7.01. The number of amides is 1. The largest absolute Gasteiger partial charge is 0.424 e. The van der Waals surface area contributed by atoms with Crippen molar-refractivity contribution < 1.29 is 23.9 Å². The molecule has 14 heteroatoms. The molecule has 0 saturated carbocycles. The van der Waals surface area contributed by atoms with Crippen LogP contribution >= 0.6 is 0 Å². The number of non-ortho nitro benzene ring substituents is 1. The molecule has 3 aromatic carbocycles. The molecule has 2 N–H and O–H groups in total. The van der Waals surface area contributed by atoms with Crippen LogP contribution in [0.1, 0.15) is 10.4 Å². The van der Waals surface area contributed by atoms with Gasteiger partial charge in [-0.25, -0.2) is 0 Å². The molecule has 1 aliphatic heterocycles. The van der Waals surface area contributed by atoms with Crippen LogP contribution in [0.5, 0.6) is 11.8 Å². The number of benzene rings is 3. The molecule has 1 saturated heterocycles. The lowest BCUT2D eigenvalue weighted by Crippen LogP contribution is -2.47. The Balaban J connectivity index is 1.07. The maximum Gasteiger partial charge on any atom is 0.328 e. The molecule has 240 valence electrons. The number of aromatic nitrogens is 3. The molecule has 14 nitrogen and oxygen atoms in total. The highest BCUT2D eigenvalue weighted by Crippen LogP contribution is 2.24. The quantitative estimate of drug-likeness (QED) is 0.105. The van der Waals surface area contributed by atoms with Gasteiger partial charge in [0.15, 0.2) is 0 Å². The predicted octanol–water partition coefficient (Wildman–Crippen LogP) is 3.77. The predicted molar refractivity (Wildman–Crippen MR) is 173 cm³/mol. The van der Waals surface area contributed by atoms with Crippen LogP contribution in [0.3, 0.4) is 0 Å². The first-order chi connectivity index (χ1) is 22.5. The molecule has 46 heavy (non-hydrogen) atoms. The summed E-state index contributed by atoms with van der Waals surface area (Å²) >= 11 is 0. The van der Waals surface area contributed by atoms with Crippen molar-refractivity contribution in [1.29, 1.82) is 0 Å². The third kappa shape index (κ3) is 9.58. The molecule has 0 bridgehead atoms. The van der Waals surface area contributed by atoms with Gasteiger partial charge in [0, 0.05) is 62.7 Å². The summed E-state index contributed by atoms with van der Waals surface area (Å²) in [6.07, 6.45) is 0. The van der Waals surface area contributed by atoms with Crippen molar-refractivity contribution in [2.45, 2.75) is 0 Å². The molecule has 0 aliphatic carbocycles. The third-order valence-electron chi connectivity index (χ3n) is 7.01. The van der Waals surface area contributed by atoms with Crippen LogP contribution in [0.15, 0.2) is 84.9 Å². The van der Waals surface area contributed by atoms with E-state index in [9.17, 15) is 14.9 Å². The minimum absolute atomic E-state index is 0.0683. The number of nitro groups is 1. The van der Waals surface area contributed by atoms with Gasteiger partial charge in [0.25, 0.3) is 11.6 Å². The van der Waals surface area contributed by atoms with Crippen molar-refractivity contribution in [3.8, 4) is 11.8 Å². The van der Waals surface area contributed by atoms with Gasteiger partial charge in [-0.15, -0.1) is 0 Å². The van der Waals surface area contributed by atoms with Crippen molar-refractivity contribution in [2.75, 3.05) is 80.8 Å². The molecule has 2 heterocycles. The van der Waals surface area contributed by atoms with E-state index in [1.54, 1.807) is 24.3 Å². The molecule has 4 aromatic rings. The number of anilines is 3. The number of carbonyl (C=O) groups excluding carboxylic acids is 1. The number of nitrogens with one attached hydrogen (secondary N) is 2. The van der Waals surface area contributed by atoms with E-state index in [1.807, 2.05) is 48.5 Å². The van der Waals surface area contributed by atoms with Gasteiger partial charge in [-0.3, -0.25) is 14.9 Å². The van der Waals surface area contributed by atoms with Gasteiger partial charge in [-0.1, -0.05) is 36.4 Å². The molecule has 1 fully saturated rings. The van der Waals surface area contributed by atoms with E-state index in [0.29, 0.717) is 88.9 Å². The van der Waals surface area contributed by atoms with E-state index in [4.69, 9.17) is 14.2 Å². The van der Waals surface area contributed by atoms with Gasteiger partial charge in [-0.05, 0) is 36.4 Å². The zero-order valence-corrected chi connectivity index (χ0v) is 25.3. The van der Waals surface area contributed by atoms with Crippen LogP contribution in [0, 0.1) is 10.1 Å². The standard InChI is InChI=1S/C32H36N8O6/c41-29(25-7-3-1-4-8-25)33-15-21-44-23-24-45-22-16-34-30-35-31(37-32(36-30)46-28-9-5-2-6-10-28)39-19-17-38(18-20-39)26-11-13-27(14-12-26)40(42)43/h1-14H,15-24H2,(H,33,41)(H,34,35,36,37). The fourth-order valence-electron chi connectivity index (χ4n) is 4.64. The molecular formula is C32H36N8O6. The van der Waals surface area contributed by atoms with Crippen LogP contribution in [0.4, 0.5) is 23.3 Å². The van der Waals surface area contributed by atoms with Crippen molar-refractivity contribution >= 4 is 29.2 Å². The number of carbonyl (C=O) groups is 1. The number of nitrogens with zero attached hydrogens (tertiary/aromatic N) is 6. The lowest BCUT2D eigenvalue weighted by Gasteiger charge is -2.36. The Morgan fingerprint density at radius 1 is 0.761 bits per heavy atom. The van der Waals surface area contributed by atoms with Crippen molar-refractivity contribution in [2.24, 2.45) is 0 Å². The van der Waals surface area contributed by atoms with Gasteiger partial charge in [0.05, 0.1) is 31.4 Å². The first-order valence-corrected chi connectivity index (χ1v) is 15.0. The summed E-state index contributed by atoms with van der Waals surface area (Å²) in [7, 11) is 0. The minimum atomic E-state index is -0.400. The Morgan fingerprint density at radius 2 is 1.39 bits per heavy atom. The van der Waals surface area contributed by atoms with Gasteiger partial charge in [0.2, 0.25) is 11.9 Å². The minimum Gasteiger partial charge on any atom is -0.424 e. The summed E-state index contributed by atoms with van der Waals surface area (Å²) in [5.41, 5.74) is 1.61. The Hall–Kier alpha value is -5.34. The van der Waals surface area contributed by atoms with E-state index in [0.717, 1.165) is 5.69 Å². The average molecular weight is 629 g/mol. The summed E-state index contributed by atoms with van der Waals surface area (Å²) in [5.74, 6) is 1.33. The number of nitro benzene ring substituents is 1. The fraction of sp³-hybridized carbons (Fsp3) is 0.312. The number of piperazine rings is 1. The number of hydrogen-bond acceptors (Lipinski definition) is 12. The fourth-order valence-corrected chi connectivity index (χ4v) is 4.64. The molecular weight excluding hydrogens is 592 g/mol. The first-order valence-electron chi connectivity index (χ1n) is 15.0. The lowest BCUT2D eigenvalue weighted by molar-refractivity contribution is -0.384. The summed E-state index contributed by atoms with van der Waals surface area (Å²) in [6.45, 7) is 5.13. The van der Waals surface area contributed by atoms with Gasteiger partial charge in [0.1, 0.15) is 5.75 Å². The smallest absolute Gasteiger partial charge is 0.328 e. The van der Waals surface area contributed by atoms with Gasteiger partial charge >= 0.3 is 6.01 Å². The van der Waals surface area contributed by atoms with E-state index in [-0.39, 0.29) is 17.6 Å². The Bertz CT molecular complexity index is 1540. The highest BCUT2D eigenvalue weighted by Gasteiger charge is 2.22. The van der Waals surface area contributed by atoms with Crippen LogP contribution in [-0.2, 0) is 9.47 Å². The maximum atomic E-state index is 12.0. The summed E-state index contributed by atoms with van der Waals surface area (Å²) in [5, 5.41) is 17.0. The van der Waals surface area contributed by atoms with Crippen molar-refractivity contribution in [1.82, 2.24) is 20.3 Å². The van der Waals surface area contributed by atoms with E-state index in [1.165, 1.54) is 12.1 Å². The summed E-state index contributed by atoms with van der Waals surface area (Å²) < 4.78 is 17.1. The molecule has 1 aromatic heterocycles. The first kappa shape index (κ1) is 32.1. The molecule has 1 amide bonds. The molecule has 1 aliphatic rings. The second-order valence-electron chi connectivity index (χ2n) is 10.2. The lowest BCUT2D eigenvalue weighted by atomic mass is 10.2. The topological polar surface area (TPSA) is 157 Å². The Kier molecular flexibility index (Phi) is 11.6. The van der Waals surface area contributed by atoms with Crippen LogP contribution < -0.4 is 25.2 Å². The van der Waals surface area contributed by atoms with Gasteiger partial charge < -0.3 is 34.6 Å². The Labute approximate surface area is 266 Å². The van der Waals surface area contributed by atoms with Crippen LogP contribution in [0.25, 0.3) is 0 Å². The van der Waals surface area contributed by atoms with Gasteiger partial charge in [-0.2, -0.15) is 15.0 Å². The number of rotatable bonds is 16. The second-order valence-corrected chi connectivity index (χ2v) is 10.2. The molecule has 0 spiro atoms. The van der Waals surface area contributed by atoms with Crippen molar-refractivity contribution in [3.05, 3.63) is 101 Å². The monoisotopic (exact) mass is 628 g/mol. The molecule has 0 atom stereocenters. The number of ether oxygens (including phenoxy) is 3. The maximum absolute atomic E-state index is 12.0. The van der Waals surface area contributed by atoms with Crippen LogP contribution in [0.2, 0.25) is 0 Å². The molecule has 5 rings (SSSR count). The zero-order chi connectivity index (χ0) is 32.0. The SMILES string of the molecule is O=C(NCCOCCOCCNc1nc(Oc2ccccc2)nc(N2CCN(c3ccc([N+](=O)[O-])cc3)CC2)n1)c1ccccc1. The molecule has 0 radical (unpaired) electrons. The van der Waals surface area contributed by atoms with E-state index in [2.05, 4.69) is 35.4 Å².